The third kappa shape index (κ3) is 3.06. The third-order valence-corrected chi connectivity index (χ3v) is 4.30. The van der Waals surface area contributed by atoms with Crippen LogP contribution < -0.4 is 0 Å². The summed E-state index contributed by atoms with van der Waals surface area (Å²) < 4.78 is 2.69. The summed E-state index contributed by atoms with van der Waals surface area (Å²) >= 11 is 5.09. The van der Waals surface area contributed by atoms with Crippen molar-refractivity contribution in [1.82, 2.24) is 24.6 Å². The molecule has 0 spiro atoms. The maximum absolute atomic E-state index is 5.09. The van der Waals surface area contributed by atoms with E-state index in [2.05, 4.69) is 38.5 Å². The van der Waals surface area contributed by atoms with Crippen molar-refractivity contribution in [3.8, 4) is 0 Å². The van der Waals surface area contributed by atoms with Gasteiger partial charge in [-0.15, -0.1) is 0 Å². The van der Waals surface area contributed by atoms with Crippen molar-refractivity contribution >= 4 is 12.2 Å². The molecule has 112 valence electrons. The van der Waals surface area contributed by atoms with E-state index in [9.17, 15) is 0 Å². The number of aromatic nitrogens is 4. The van der Waals surface area contributed by atoms with Crippen molar-refractivity contribution in [3.05, 3.63) is 39.7 Å². The lowest BCUT2D eigenvalue weighted by atomic mass is 10.1. The fourth-order valence-corrected chi connectivity index (χ4v) is 3.03. The minimum atomic E-state index is 0.582. The zero-order valence-electron chi connectivity index (χ0n) is 12.6. The molecule has 3 rings (SSSR count). The molecule has 0 aliphatic carbocycles. The summed E-state index contributed by atoms with van der Waals surface area (Å²) in [5.41, 5.74) is 5.11. The summed E-state index contributed by atoms with van der Waals surface area (Å²) in [6.07, 6.45) is 6.04. The van der Waals surface area contributed by atoms with Crippen molar-refractivity contribution in [2.75, 3.05) is 6.54 Å². The normalized spacial score (nSPS) is 15.1. The molecule has 2 aromatic rings. The van der Waals surface area contributed by atoms with E-state index in [4.69, 9.17) is 12.2 Å². The van der Waals surface area contributed by atoms with Gasteiger partial charge in [0.25, 0.3) is 0 Å². The average molecular weight is 303 g/mol. The Labute approximate surface area is 130 Å². The van der Waals surface area contributed by atoms with Gasteiger partial charge in [-0.1, -0.05) is 6.92 Å². The van der Waals surface area contributed by atoms with Crippen LogP contribution in [-0.4, -0.2) is 31.2 Å². The van der Waals surface area contributed by atoms with E-state index in [1.165, 1.54) is 22.5 Å². The molecule has 0 amide bonds. The second-order valence-corrected chi connectivity index (χ2v) is 6.02. The average Bonchev–Trinajstić information content (AvgIpc) is 2.81. The smallest absolute Gasteiger partial charge is 0.196 e. The van der Waals surface area contributed by atoms with Crippen LogP contribution in [0.25, 0.3) is 0 Å². The van der Waals surface area contributed by atoms with Crippen molar-refractivity contribution in [1.29, 1.82) is 0 Å². The molecule has 2 aromatic heterocycles. The summed E-state index contributed by atoms with van der Waals surface area (Å²) in [5, 5.41) is 4.48. The molecule has 0 unspecified atom stereocenters. The number of nitrogens with one attached hydrogen (secondary N) is 1. The Balaban J connectivity index is 1.72. The molecule has 0 bridgehead atoms. The van der Waals surface area contributed by atoms with Gasteiger partial charge in [-0.3, -0.25) is 9.58 Å². The van der Waals surface area contributed by atoms with Gasteiger partial charge in [-0.2, -0.15) is 5.10 Å². The van der Waals surface area contributed by atoms with Crippen LogP contribution >= 0.6 is 12.2 Å². The highest BCUT2D eigenvalue weighted by Gasteiger charge is 2.18. The molecule has 1 aliphatic heterocycles. The quantitative estimate of drug-likeness (QED) is 0.882. The molecule has 3 heterocycles. The van der Waals surface area contributed by atoms with Gasteiger partial charge < -0.3 is 4.98 Å². The van der Waals surface area contributed by atoms with Gasteiger partial charge in [0, 0.05) is 61.3 Å². The Kier molecular flexibility index (Phi) is 4.17. The topological polar surface area (TPSA) is 49.7 Å². The first-order valence-electron chi connectivity index (χ1n) is 7.48. The summed E-state index contributed by atoms with van der Waals surface area (Å²) in [5.74, 6) is 0. The molecule has 1 aliphatic rings. The Morgan fingerprint density at radius 1 is 1.38 bits per heavy atom. The van der Waals surface area contributed by atoms with Crippen LogP contribution in [-0.2, 0) is 26.1 Å². The predicted molar refractivity (Wildman–Crippen MR) is 84.5 cm³/mol. The number of rotatable bonds is 4. The molecule has 5 nitrogen and oxygen atoms in total. The number of nitrogens with zero attached hydrogens (tertiary/aromatic N) is 4. The largest absolute Gasteiger partial charge is 0.334 e. The van der Waals surface area contributed by atoms with E-state index < -0.39 is 0 Å². The van der Waals surface area contributed by atoms with E-state index in [1.807, 2.05) is 12.4 Å². The summed E-state index contributed by atoms with van der Waals surface area (Å²) in [6, 6.07) is 0. The highest BCUT2D eigenvalue weighted by molar-refractivity contribution is 7.71. The molecular weight excluding hydrogens is 282 g/mol. The van der Waals surface area contributed by atoms with Gasteiger partial charge in [-0.05, 0) is 25.6 Å². The lowest BCUT2D eigenvalue weighted by molar-refractivity contribution is 0.242. The molecule has 0 aromatic carbocycles. The van der Waals surface area contributed by atoms with Crippen LogP contribution in [0.4, 0.5) is 0 Å². The number of fused-ring (bicyclic) bond motifs is 1. The minimum Gasteiger partial charge on any atom is -0.334 e. The number of H-pyrrole nitrogens is 1. The first-order chi connectivity index (χ1) is 10.2. The monoisotopic (exact) mass is 303 g/mol. The fraction of sp³-hybridized carbons (Fsp3) is 0.533. The van der Waals surface area contributed by atoms with Crippen LogP contribution in [0.2, 0.25) is 0 Å². The summed E-state index contributed by atoms with van der Waals surface area (Å²) in [7, 11) is 0. The predicted octanol–water partition coefficient (Wildman–Crippen LogP) is 2.61. The molecule has 0 saturated carbocycles. The van der Waals surface area contributed by atoms with Crippen LogP contribution in [0.3, 0.4) is 0 Å². The fourth-order valence-electron chi connectivity index (χ4n) is 2.86. The van der Waals surface area contributed by atoms with Gasteiger partial charge in [0.05, 0.1) is 6.20 Å². The van der Waals surface area contributed by atoms with Gasteiger partial charge >= 0.3 is 0 Å². The van der Waals surface area contributed by atoms with E-state index in [1.54, 1.807) is 0 Å². The van der Waals surface area contributed by atoms with E-state index in [0.717, 1.165) is 39.0 Å². The first kappa shape index (κ1) is 14.4. The number of aryl methyl sites for hydroxylation is 1. The lowest BCUT2D eigenvalue weighted by Crippen LogP contribution is -2.31. The van der Waals surface area contributed by atoms with Crippen molar-refractivity contribution < 1.29 is 0 Å². The Hall–Kier alpha value is -1.53. The maximum atomic E-state index is 5.09. The SMILES string of the molecule is CCCn1ncc(CN2CCc3[nH]c(=S)ncc3C2)c1C. The second-order valence-electron chi connectivity index (χ2n) is 5.63. The zero-order chi connectivity index (χ0) is 14.8. The van der Waals surface area contributed by atoms with E-state index in [0.29, 0.717) is 4.77 Å². The zero-order valence-corrected chi connectivity index (χ0v) is 13.4. The third-order valence-electron chi connectivity index (χ3n) is 4.09. The van der Waals surface area contributed by atoms with Crippen LogP contribution in [0.1, 0.15) is 35.9 Å². The van der Waals surface area contributed by atoms with Gasteiger partial charge in [0.2, 0.25) is 0 Å². The first-order valence-corrected chi connectivity index (χ1v) is 7.89. The van der Waals surface area contributed by atoms with E-state index >= 15 is 0 Å². The van der Waals surface area contributed by atoms with Gasteiger partial charge in [0.1, 0.15) is 0 Å². The second kappa shape index (κ2) is 6.07. The number of hydrogen-bond donors (Lipinski definition) is 1. The molecule has 1 N–H and O–H groups in total. The number of aromatic amines is 1. The van der Waals surface area contributed by atoms with E-state index in [-0.39, 0.29) is 0 Å². The lowest BCUT2D eigenvalue weighted by Gasteiger charge is -2.28. The highest BCUT2D eigenvalue weighted by Crippen LogP contribution is 2.19. The Morgan fingerprint density at radius 2 is 2.24 bits per heavy atom. The molecule has 0 atom stereocenters. The molecule has 21 heavy (non-hydrogen) atoms. The highest BCUT2D eigenvalue weighted by atomic mass is 32.1. The van der Waals surface area contributed by atoms with Crippen LogP contribution in [0.15, 0.2) is 12.4 Å². The molecule has 6 heteroatoms. The van der Waals surface area contributed by atoms with Gasteiger partial charge in [0.15, 0.2) is 4.77 Å². The maximum Gasteiger partial charge on any atom is 0.196 e. The minimum absolute atomic E-state index is 0.582. The Bertz CT molecular complexity index is 688. The Morgan fingerprint density at radius 3 is 3.05 bits per heavy atom. The summed E-state index contributed by atoms with van der Waals surface area (Å²) in [6.45, 7) is 8.25. The number of hydrogen-bond acceptors (Lipinski definition) is 4. The molecule has 0 radical (unpaired) electrons. The molecular formula is C15H21N5S. The van der Waals surface area contributed by atoms with Crippen molar-refractivity contribution in [3.63, 3.8) is 0 Å². The van der Waals surface area contributed by atoms with Crippen molar-refractivity contribution in [2.45, 2.75) is 46.3 Å². The van der Waals surface area contributed by atoms with Crippen LogP contribution in [0.5, 0.6) is 0 Å². The van der Waals surface area contributed by atoms with Gasteiger partial charge in [-0.25, -0.2) is 4.98 Å². The molecule has 0 fully saturated rings. The standard InChI is InChI=1S/C15H21N5S/c1-3-5-20-11(2)12(8-17-20)9-19-6-4-14-13(10-19)7-16-15(21)18-14/h7-8H,3-6,9-10H2,1-2H3,(H,16,18,21). The molecule has 0 saturated heterocycles. The van der Waals surface area contributed by atoms with Crippen LogP contribution in [0, 0.1) is 11.7 Å². The summed E-state index contributed by atoms with van der Waals surface area (Å²) in [4.78, 5) is 9.85. The van der Waals surface area contributed by atoms with Crippen molar-refractivity contribution in [2.24, 2.45) is 0 Å².